The zero-order valence-corrected chi connectivity index (χ0v) is 17.2. The van der Waals surface area contributed by atoms with Crippen LogP contribution in [0.15, 0.2) is 36.4 Å². The van der Waals surface area contributed by atoms with E-state index in [1.165, 1.54) is 0 Å². The fraction of sp³-hybridized carbons (Fsp3) is 0.435. The lowest BCUT2D eigenvalue weighted by molar-refractivity contribution is -0.140. The number of likely N-dealkylation sites (tertiary alicyclic amines) is 1. The summed E-state index contributed by atoms with van der Waals surface area (Å²) in [5, 5.41) is 0. The summed E-state index contributed by atoms with van der Waals surface area (Å²) >= 11 is 0. The van der Waals surface area contributed by atoms with E-state index < -0.39 is 17.6 Å². The highest BCUT2D eigenvalue weighted by Gasteiger charge is 2.34. The van der Waals surface area contributed by atoms with Crippen molar-refractivity contribution < 1.29 is 27.1 Å². The van der Waals surface area contributed by atoms with Crippen LogP contribution < -0.4 is 4.74 Å². The van der Waals surface area contributed by atoms with E-state index in [0.717, 1.165) is 49.2 Å². The van der Waals surface area contributed by atoms with Crippen molar-refractivity contribution in [2.24, 2.45) is 5.92 Å². The second-order valence-electron chi connectivity index (χ2n) is 8.36. The van der Waals surface area contributed by atoms with Crippen LogP contribution in [-0.2, 0) is 23.9 Å². The summed E-state index contributed by atoms with van der Waals surface area (Å²) in [6.45, 7) is 3.10. The van der Waals surface area contributed by atoms with Crippen molar-refractivity contribution in [1.29, 1.82) is 0 Å². The van der Waals surface area contributed by atoms with Crippen LogP contribution in [0.5, 0.6) is 11.5 Å². The highest BCUT2D eigenvalue weighted by atomic mass is 19.4. The number of halogens is 4. The first-order chi connectivity index (χ1) is 14.7. The van der Waals surface area contributed by atoms with E-state index in [0.29, 0.717) is 37.2 Å². The Morgan fingerprint density at radius 2 is 1.84 bits per heavy atom. The summed E-state index contributed by atoms with van der Waals surface area (Å²) in [5.41, 5.74) is 0.719. The molecule has 0 radical (unpaired) electrons. The van der Waals surface area contributed by atoms with E-state index in [2.05, 4.69) is 11.9 Å². The molecule has 0 aliphatic carbocycles. The van der Waals surface area contributed by atoms with E-state index in [1.54, 1.807) is 12.1 Å². The molecule has 4 nitrogen and oxygen atoms in total. The lowest BCUT2D eigenvalue weighted by atomic mass is 9.97. The molecule has 1 fully saturated rings. The number of carbonyl (C=O) groups is 1. The molecule has 31 heavy (non-hydrogen) atoms. The van der Waals surface area contributed by atoms with Crippen molar-refractivity contribution in [2.45, 2.75) is 32.0 Å². The fourth-order valence-corrected chi connectivity index (χ4v) is 4.30. The van der Waals surface area contributed by atoms with E-state index in [4.69, 9.17) is 4.74 Å². The lowest BCUT2D eigenvalue weighted by Crippen LogP contribution is -2.37. The van der Waals surface area contributed by atoms with Crippen LogP contribution >= 0.6 is 0 Å². The molecule has 8 heteroatoms. The van der Waals surface area contributed by atoms with E-state index in [9.17, 15) is 22.4 Å². The molecule has 1 saturated heterocycles. The third-order valence-electron chi connectivity index (χ3n) is 5.98. The maximum Gasteiger partial charge on any atom is 0.419 e. The predicted octanol–water partition coefficient (Wildman–Crippen LogP) is 4.86. The Morgan fingerprint density at radius 1 is 1.10 bits per heavy atom. The molecular weight excluding hydrogens is 412 g/mol. The van der Waals surface area contributed by atoms with Crippen LogP contribution in [0, 0.1) is 11.7 Å². The Kier molecular flexibility index (Phi) is 5.92. The van der Waals surface area contributed by atoms with Crippen LogP contribution in [0.2, 0.25) is 0 Å². The lowest BCUT2D eigenvalue weighted by Gasteiger charge is -2.30. The van der Waals surface area contributed by atoms with Gasteiger partial charge in [-0.15, -0.1) is 0 Å². The summed E-state index contributed by atoms with van der Waals surface area (Å²) in [7, 11) is 2.06. The highest BCUT2D eigenvalue weighted by Crippen LogP contribution is 2.34. The minimum atomic E-state index is -4.75. The summed E-state index contributed by atoms with van der Waals surface area (Å²) in [6, 6.07) is 7.87. The average Bonchev–Trinajstić information content (AvgIpc) is 3.11. The van der Waals surface area contributed by atoms with Gasteiger partial charge in [-0.05, 0) is 67.7 Å². The number of nitrogens with zero attached hydrogens (tertiary/aromatic N) is 2. The van der Waals surface area contributed by atoms with Gasteiger partial charge in [-0.3, -0.25) is 4.79 Å². The zero-order valence-electron chi connectivity index (χ0n) is 17.2. The van der Waals surface area contributed by atoms with Crippen LogP contribution in [0.1, 0.15) is 29.5 Å². The van der Waals surface area contributed by atoms with Gasteiger partial charge in [0, 0.05) is 32.1 Å². The first-order valence-corrected chi connectivity index (χ1v) is 10.3. The Hall–Kier alpha value is -2.61. The van der Waals surface area contributed by atoms with Gasteiger partial charge < -0.3 is 14.5 Å². The number of amides is 1. The molecule has 166 valence electrons. The zero-order chi connectivity index (χ0) is 22.2. The molecule has 0 aromatic heterocycles. The second kappa shape index (κ2) is 8.49. The molecule has 2 aliphatic heterocycles. The Labute approximate surface area is 178 Å². The van der Waals surface area contributed by atoms with E-state index >= 15 is 0 Å². The number of rotatable bonds is 4. The largest absolute Gasteiger partial charge is 0.457 e. The molecule has 2 aliphatic rings. The quantitative estimate of drug-likeness (QED) is 0.642. The third kappa shape index (κ3) is 5.01. The van der Waals surface area contributed by atoms with Crippen LogP contribution in [-0.4, -0.2) is 42.4 Å². The third-order valence-corrected chi connectivity index (χ3v) is 5.98. The van der Waals surface area contributed by atoms with Crippen LogP contribution in [0.3, 0.4) is 0 Å². The van der Waals surface area contributed by atoms with Crippen molar-refractivity contribution >= 4 is 5.91 Å². The monoisotopic (exact) mass is 436 g/mol. The number of hydrogen-bond donors (Lipinski definition) is 0. The van der Waals surface area contributed by atoms with Crippen molar-refractivity contribution in [3.05, 3.63) is 58.9 Å². The second-order valence-corrected chi connectivity index (χ2v) is 8.36. The molecular formula is C23H24F4N2O2. The number of hydrogen-bond acceptors (Lipinski definition) is 3. The standard InChI is InChI=1S/C23H24F4N2O2/c1-28-8-6-15(13-28)10-22(30)29-9-7-16-2-3-18(11-17(16)14-29)31-19-4-5-20(21(24)12-19)23(25,26)27/h2-5,11-12,15H,6-10,13-14H2,1H3. The van der Waals surface area contributed by atoms with Crippen molar-refractivity contribution in [3.63, 3.8) is 0 Å². The summed E-state index contributed by atoms with van der Waals surface area (Å²) < 4.78 is 57.6. The number of ether oxygens (including phenoxy) is 1. The van der Waals surface area contributed by atoms with Gasteiger partial charge in [0.15, 0.2) is 0 Å². The molecule has 1 amide bonds. The van der Waals surface area contributed by atoms with Gasteiger partial charge in [-0.2, -0.15) is 13.2 Å². The van der Waals surface area contributed by atoms with E-state index in [1.807, 2.05) is 11.0 Å². The summed E-state index contributed by atoms with van der Waals surface area (Å²) in [6.07, 6.45) is -2.44. The maximum atomic E-state index is 13.8. The number of fused-ring (bicyclic) bond motifs is 1. The topological polar surface area (TPSA) is 32.8 Å². The SMILES string of the molecule is CN1CCC(CC(=O)N2CCc3ccc(Oc4ccc(C(F)(F)F)c(F)c4)cc3C2)C1. The molecule has 0 spiro atoms. The summed E-state index contributed by atoms with van der Waals surface area (Å²) in [5.74, 6) is -0.466. The van der Waals surface area contributed by atoms with Gasteiger partial charge in [-0.25, -0.2) is 4.39 Å². The Morgan fingerprint density at radius 3 is 2.52 bits per heavy atom. The Balaban J connectivity index is 1.43. The average molecular weight is 436 g/mol. The maximum absolute atomic E-state index is 13.8. The minimum absolute atomic E-state index is 0.0143. The fourth-order valence-electron chi connectivity index (χ4n) is 4.30. The number of carbonyl (C=O) groups excluding carboxylic acids is 1. The van der Waals surface area contributed by atoms with Gasteiger partial charge in [0.25, 0.3) is 0 Å². The highest BCUT2D eigenvalue weighted by molar-refractivity contribution is 5.77. The first kappa shape index (κ1) is 21.6. The molecule has 1 unspecified atom stereocenters. The van der Waals surface area contributed by atoms with Gasteiger partial charge >= 0.3 is 6.18 Å². The molecule has 4 rings (SSSR count). The predicted molar refractivity (Wildman–Crippen MR) is 107 cm³/mol. The number of alkyl halides is 3. The summed E-state index contributed by atoms with van der Waals surface area (Å²) in [4.78, 5) is 16.8. The molecule has 0 N–H and O–H groups in total. The van der Waals surface area contributed by atoms with Gasteiger partial charge in [-0.1, -0.05) is 6.07 Å². The van der Waals surface area contributed by atoms with E-state index in [-0.39, 0.29) is 11.7 Å². The number of benzene rings is 2. The molecule has 2 aromatic rings. The van der Waals surface area contributed by atoms with Crippen LogP contribution in [0.4, 0.5) is 17.6 Å². The molecule has 0 bridgehead atoms. The van der Waals surface area contributed by atoms with Crippen molar-refractivity contribution in [3.8, 4) is 11.5 Å². The van der Waals surface area contributed by atoms with Gasteiger partial charge in [0.2, 0.25) is 5.91 Å². The minimum Gasteiger partial charge on any atom is -0.457 e. The Bertz CT molecular complexity index is 977. The van der Waals surface area contributed by atoms with Gasteiger partial charge in [0.1, 0.15) is 17.3 Å². The first-order valence-electron chi connectivity index (χ1n) is 10.3. The van der Waals surface area contributed by atoms with Crippen molar-refractivity contribution in [2.75, 3.05) is 26.7 Å². The molecule has 1 atom stereocenters. The van der Waals surface area contributed by atoms with Gasteiger partial charge in [0.05, 0.1) is 5.56 Å². The smallest absolute Gasteiger partial charge is 0.419 e. The molecule has 2 heterocycles. The van der Waals surface area contributed by atoms with Crippen molar-refractivity contribution in [1.82, 2.24) is 9.80 Å². The normalized spacial score (nSPS) is 19.4. The molecule has 0 saturated carbocycles. The molecule has 2 aromatic carbocycles. The van der Waals surface area contributed by atoms with Crippen LogP contribution in [0.25, 0.3) is 0 Å².